The molecule has 0 aliphatic rings. The van der Waals surface area contributed by atoms with Crippen LogP contribution in [0.2, 0.25) is 0 Å². The summed E-state index contributed by atoms with van der Waals surface area (Å²) in [6.07, 6.45) is -0.850. The van der Waals surface area contributed by atoms with Crippen LogP contribution in [-0.4, -0.2) is 36.6 Å². The molecule has 7 heteroatoms. The van der Waals surface area contributed by atoms with Gasteiger partial charge in [-0.05, 0) is 38.5 Å². The van der Waals surface area contributed by atoms with E-state index in [2.05, 4.69) is 5.32 Å². The number of benzene rings is 1. The molecule has 0 heterocycles. The molecular formula is C15H20F2N2O3. The number of rotatable bonds is 3. The van der Waals surface area contributed by atoms with E-state index >= 15 is 0 Å². The lowest BCUT2D eigenvalue weighted by molar-refractivity contribution is -0.131. The van der Waals surface area contributed by atoms with Gasteiger partial charge in [0.25, 0.3) is 0 Å². The van der Waals surface area contributed by atoms with Crippen molar-refractivity contribution in [2.24, 2.45) is 0 Å². The number of likely N-dealkylation sites (N-methyl/N-ethyl adjacent to an activating group) is 1. The Labute approximate surface area is 128 Å². The Morgan fingerprint density at radius 2 is 1.64 bits per heavy atom. The number of nitrogens with zero attached hydrogens (tertiary/aromatic N) is 1. The van der Waals surface area contributed by atoms with Crippen molar-refractivity contribution in [3.63, 3.8) is 0 Å². The third-order valence-electron chi connectivity index (χ3n) is 2.57. The van der Waals surface area contributed by atoms with Crippen LogP contribution in [0.4, 0.5) is 13.6 Å². The molecular weight excluding hydrogens is 294 g/mol. The Morgan fingerprint density at radius 1 is 1.14 bits per heavy atom. The zero-order valence-corrected chi connectivity index (χ0v) is 13.2. The van der Waals surface area contributed by atoms with Crippen LogP contribution in [0.5, 0.6) is 0 Å². The molecule has 0 aliphatic heterocycles. The molecule has 1 rings (SSSR count). The van der Waals surface area contributed by atoms with Gasteiger partial charge in [0.2, 0.25) is 5.91 Å². The zero-order valence-electron chi connectivity index (χ0n) is 13.2. The molecule has 1 unspecified atom stereocenters. The molecule has 0 fully saturated rings. The van der Waals surface area contributed by atoms with E-state index in [-0.39, 0.29) is 5.56 Å². The lowest BCUT2D eigenvalue weighted by Crippen LogP contribution is -2.42. The molecule has 2 amide bonds. The summed E-state index contributed by atoms with van der Waals surface area (Å²) in [4.78, 5) is 25.2. The fraction of sp³-hybridized carbons (Fsp3) is 0.467. The van der Waals surface area contributed by atoms with E-state index in [1.54, 1.807) is 20.8 Å². The van der Waals surface area contributed by atoms with E-state index in [1.165, 1.54) is 19.0 Å². The van der Waals surface area contributed by atoms with Crippen molar-refractivity contribution in [2.45, 2.75) is 32.4 Å². The van der Waals surface area contributed by atoms with E-state index in [1.807, 2.05) is 0 Å². The van der Waals surface area contributed by atoms with Crippen LogP contribution in [0.25, 0.3) is 0 Å². The van der Waals surface area contributed by atoms with Gasteiger partial charge in [-0.2, -0.15) is 0 Å². The molecule has 22 heavy (non-hydrogen) atoms. The minimum atomic E-state index is -1.24. The van der Waals surface area contributed by atoms with Crippen molar-refractivity contribution in [3.05, 3.63) is 35.4 Å². The van der Waals surface area contributed by atoms with Gasteiger partial charge in [0.1, 0.15) is 23.3 Å². The van der Waals surface area contributed by atoms with Crippen LogP contribution >= 0.6 is 0 Å². The van der Waals surface area contributed by atoms with Gasteiger partial charge in [-0.3, -0.25) is 4.79 Å². The lowest BCUT2D eigenvalue weighted by atomic mass is 10.1. The van der Waals surface area contributed by atoms with Crippen LogP contribution in [0.3, 0.4) is 0 Å². The van der Waals surface area contributed by atoms with Crippen molar-refractivity contribution in [1.82, 2.24) is 10.2 Å². The standard InChI is InChI=1S/C15H20F2N2O3/c1-15(2,3)22-14(21)18-12(13(20)19(4)5)9-6-10(16)8-11(17)7-9/h6-8,12H,1-5H3,(H,18,21). The van der Waals surface area contributed by atoms with Gasteiger partial charge in [-0.15, -0.1) is 0 Å². The third-order valence-corrected chi connectivity index (χ3v) is 2.57. The maximum absolute atomic E-state index is 13.4. The monoisotopic (exact) mass is 314 g/mol. The molecule has 0 saturated carbocycles. The topological polar surface area (TPSA) is 58.6 Å². The first-order valence-electron chi connectivity index (χ1n) is 6.66. The average molecular weight is 314 g/mol. The zero-order chi connectivity index (χ0) is 17.1. The predicted octanol–water partition coefficient (Wildman–Crippen LogP) is 2.62. The molecule has 1 aromatic rings. The van der Waals surface area contributed by atoms with Crippen molar-refractivity contribution in [3.8, 4) is 0 Å². The first kappa shape index (κ1) is 17.9. The van der Waals surface area contributed by atoms with Gasteiger partial charge >= 0.3 is 6.09 Å². The van der Waals surface area contributed by atoms with Crippen LogP contribution in [0.1, 0.15) is 32.4 Å². The third kappa shape index (κ3) is 5.31. The fourth-order valence-electron chi connectivity index (χ4n) is 1.71. The second-order valence-corrected chi connectivity index (χ2v) is 6.01. The minimum Gasteiger partial charge on any atom is -0.444 e. The highest BCUT2D eigenvalue weighted by atomic mass is 19.1. The van der Waals surface area contributed by atoms with Crippen molar-refractivity contribution >= 4 is 12.0 Å². The Hall–Kier alpha value is -2.18. The number of amides is 2. The molecule has 0 bridgehead atoms. The Kier molecular flexibility index (Phi) is 5.46. The van der Waals surface area contributed by atoms with Crippen molar-refractivity contribution in [2.75, 3.05) is 14.1 Å². The Morgan fingerprint density at radius 3 is 2.05 bits per heavy atom. The molecule has 0 radical (unpaired) electrons. The molecule has 1 atom stereocenters. The van der Waals surface area contributed by atoms with Crippen molar-refractivity contribution in [1.29, 1.82) is 0 Å². The largest absolute Gasteiger partial charge is 0.444 e. The number of hydrogen-bond donors (Lipinski definition) is 1. The summed E-state index contributed by atoms with van der Waals surface area (Å²) >= 11 is 0. The van der Waals surface area contributed by atoms with Crippen molar-refractivity contribution < 1.29 is 23.1 Å². The van der Waals surface area contributed by atoms with Crippen LogP contribution < -0.4 is 5.32 Å². The highest BCUT2D eigenvalue weighted by molar-refractivity contribution is 5.86. The number of halogens is 2. The lowest BCUT2D eigenvalue weighted by Gasteiger charge is -2.25. The number of carbonyl (C=O) groups is 2. The van der Waals surface area contributed by atoms with E-state index in [0.717, 1.165) is 12.1 Å². The van der Waals surface area contributed by atoms with Gasteiger partial charge in [0.15, 0.2) is 0 Å². The van der Waals surface area contributed by atoms with Crippen LogP contribution in [0.15, 0.2) is 18.2 Å². The Bertz CT molecular complexity index is 548. The smallest absolute Gasteiger partial charge is 0.408 e. The first-order chi connectivity index (χ1) is 9.99. The van der Waals surface area contributed by atoms with E-state index in [9.17, 15) is 18.4 Å². The van der Waals surface area contributed by atoms with E-state index < -0.39 is 35.3 Å². The molecule has 5 nitrogen and oxygen atoms in total. The number of ether oxygens (including phenoxy) is 1. The average Bonchev–Trinajstić information content (AvgIpc) is 2.31. The quantitative estimate of drug-likeness (QED) is 0.933. The molecule has 1 N–H and O–H groups in total. The summed E-state index contributed by atoms with van der Waals surface area (Å²) in [5, 5.41) is 2.34. The molecule has 122 valence electrons. The predicted molar refractivity (Wildman–Crippen MR) is 77.2 cm³/mol. The van der Waals surface area contributed by atoms with Gasteiger partial charge < -0.3 is 15.0 Å². The molecule has 0 spiro atoms. The number of carbonyl (C=O) groups excluding carboxylic acids is 2. The summed E-state index contributed by atoms with van der Waals surface area (Å²) in [7, 11) is 2.95. The van der Waals surface area contributed by atoms with Crippen LogP contribution in [-0.2, 0) is 9.53 Å². The summed E-state index contributed by atoms with van der Waals surface area (Å²) in [6.45, 7) is 4.99. The first-order valence-corrected chi connectivity index (χ1v) is 6.66. The van der Waals surface area contributed by atoms with E-state index in [0.29, 0.717) is 6.07 Å². The maximum atomic E-state index is 13.4. The summed E-state index contributed by atoms with van der Waals surface area (Å²) < 4.78 is 31.8. The van der Waals surface area contributed by atoms with Gasteiger partial charge in [-0.1, -0.05) is 0 Å². The minimum absolute atomic E-state index is 0.00191. The second-order valence-electron chi connectivity index (χ2n) is 6.01. The number of alkyl carbamates (subject to hydrolysis) is 1. The molecule has 0 aliphatic carbocycles. The van der Waals surface area contributed by atoms with Crippen LogP contribution in [0, 0.1) is 11.6 Å². The number of hydrogen-bond acceptors (Lipinski definition) is 3. The molecule has 0 saturated heterocycles. The van der Waals surface area contributed by atoms with Gasteiger partial charge in [-0.25, -0.2) is 13.6 Å². The second kappa shape index (κ2) is 6.72. The summed E-state index contributed by atoms with van der Waals surface area (Å²) in [5.41, 5.74) is -0.759. The summed E-state index contributed by atoms with van der Waals surface area (Å²) in [5.74, 6) is -2.20. The molecule has 0 aromatic heterocycles. The fourth-order valence-corrected chi connectivity index (χ4v) is 1.71. The summed E-state index contributed by atoms with van der Waals surface area (Å²) in [6, 6.07) is 1.43. The van der Waals surface area contributed by atoms with Gasteiger partial charge in [0, 0.05) is 20.2 Å². The Balaban J connectivity index is 3.09. The number of nitrogens with one attached hydrogen (secondary N) is 1. The van der Waals surface area contributed by atoms with E-state index in [4.69, 9.17) is 4.74 Å². The van der Waals surface area contributed by atoms with Gasteiger partial charge in [0.05, 0.1) is 0 Å². The highest BCUT2D eigenvalue weighted by Crippen LogP contribution is 2.19. The highest BCUT2D eigenvalue weighted by Gasteiger charge is 2.27. The normalized spacial score (nSPS) is 12.5. The molecule has 1 aromatic carbocycles. The SMILES string of the molecule is CN(C)C(=O)C(NC(=O)OC(C)(C)C)c1cc(F)cc(F)c1. The maximum Gasteiger partial charge on any atom is 0.408 e.